The van der Waals surface area contributed by atoms with Crippen molar-refractivity contribution in [2.75, 3.05) is 7.11 Å². The van der Waals surface area contributed by atoms with Gasteiger partial charge in [-0.2, -0.15) is 4.98 Å². The third-order valence-corrected chi connectivity index (χ3v) is 2.45. The van der Waals surface area contributed by atoms with Gasteiger partial charge in [0.1, 0.15) is 11.5 Å². The Labute approximate surface area is 80.0 Å². The first-order valence-electron chi connectivity index (χ1n) is 3.86. The Bertz CT molecular complexity index is 405. The molecule has 0 bridgehead atoms. The highest BCUT2D eigenvalue weighted by Gasteiger charge is 2.07. The van der Waals surface area contributed by atoms with Crippen molar-refractivity contribution in [3.05, 3.63) is 23.3 Å². The van der Waals surface area contributed by atoms with E-state index in [1.807, 2.05) is 24.4 Å². The van der Waals surface area contributed by atoms with Gasteiger partial charge in [-0.3, -0.25) is 0 Å². The van der Waals surface area contributed by atoms with Crippen LogP contribution >= 0.6 is 11.3 Å². The lowest BCUT2D eigenvalue weighted by atomic mass is 10.4. The first-order valence-corrected chi connectivity index (χ1v) is 4.74. The topological polar surface area (TPSA) is 35.3 Å². The van der Waals surface area contributed by atoms with Crippen molar-refractivity contribution in [3.8, 4) is 16.6 Å². The Morgan fingerprint density at radius 1 is 1.46 bits per heavy atom. The van der Waals surface area contributed by atoms with E-state index >= 15 is 0 Å². The van der Waals surface area contributed by atoms with Crippen molar-refractivity contribution < 1.29 is 9.15 Å². The van der Waals surface area contributed by atoms with Crippen LogP contribution in [0.25, 0.3) is 11.5 Å². The lowest BCUT2D eigenvalue weighted by Crippen LogP contribution is -1.80. The molecule has 0 fully saturated rings. The van der Waals surface area contributed by atoms with Gasteiger partial charge in [-0.1, -0.05) is 11.3 Å². The number of aryl methyl sites for hydroxylation is 1. The molecule has 0 saturated carbocycles. The maximum atomic E-state index is 5.42. The number of rotatable bonds is 2. The van der Waals surface area contributed by atoms with Crippen LogP contribution < -0.4 is 4.74 Å². The average Bonchev–Trinajstić information content (AvgIpc) is 2.71. The number of furan rings is 1. The quantitative estimate of drug-likeness (QED) is 0.739. The fraction of sp³-hybridized carbons (Fsp3) is 0.222. The van der Waals surface area contributed by atoms with Crippen molar-refractivity contribution in [3.63, 3.8) is 0 Å². The van der Waals surface area contributed by atoms with E-state index in [2.05, 4.69) is 4.98 Å². The molecule has 0 N–H and O–H groups in total. The summed E-state index contributed by atoms with van der Waals surface area (Å²) >= 11 is 1.46. The minimum atomic E-state index is 0.657. The van der Waals surface area contributed by atoms with E-state index in [-0.39, 0.29) is 0 Å². The second-order valence-electron chi connectivity index (χ2n) is 2.61. The Hall–Kier alpha value is -1.29. The molecule has 0 aromatic carbocycles. The van der Waals surface area contributed by atoms with Gasteiger partial charge in [-0.25, -0.2) is 0 Å². The van der Waals surface area contributed by atoms with E-state index in [9.17, 15) is 0 Å². The summed E-state index contributed by atoms with van der Waals surface area (Å²) in [6.07, 6.45) is 0. The number of ether oxygens (including phenoxy) is 1. The molecular formula is C9H9NO2S. The minimum absolute atomic E-state index is 0.657. The number of methoxy groups -OCH3 is 1. The molecule has 0 atom stereocenters. The van der Waals surface area contributed by atoms with Gasteiger partial charge in [-0.15, -0.1) is 0 Å². The summed E-state index contributed by atoms with van der Waals surface area (Å²) in [6.45, 7) is 1.91. The van der Waals surface area contributed by atoms with Gasteiger partial charge in [0.15, 0.2) is 5.76 Å². The van der Waals surface area contributed by atoms with Gasteiger partial charge in [0.05, 0.1) is 7.11 Å². The number of nitrogens with zero attached hydrogens (tertiary/aromatic N) is 1. The Kier molecular flexibility index (Phi) is 2.06. The van der Waals surface area contributed by atoms with Gasteiger partial charge >= 0.3 is 0 Å². The predicted molar refractivity (Wildman–Crippen MR) is 51.1 cm³/mol. The monoisotopic (exact) mass is 195 g/mol. The lowest BCUT2D eigenvalue weighted by molar-refractivity contribution is 0.412. The van der Waals surface area contributed by atoms with Crippen molar-refractivity contribution in [2.24, 2.45) is 0 Å². The van der Waals surface area contributed by atoms with E-state index < -0.39 is 0 Å². The zero-order valence-electron chi connectivity index (χ0n) is 7.40. The van der Waals surface area contributed by atoms with Crippen LogP contribution in [0.5, 0.6) is 5.19 Å². The number of thiazole rings is 1. The van der Waals surface area contributed by atoms with Crippen LogP contribution in [-0.2, 0) is 0 Å². The molecule has 3 nitrogen and oxygen atoms in total. The Morgan fingerprint density at radius 3 is 2.85 bits per heavy atom. The molecule has 0 aliphatic carbocycles. The summed E-state index contributed by atoms with van der Waals surface area (Å²) < 4.78 is 10.4. The average molecular weight is 195 g/mol. The number of aromatic nitrogens is 1. The first-order chi connectivity index (χ1) is 6.29. The van der Waals surface area contributed by atoms with Crippen molar-refractivity contribution in [1.29, 1.82) is 0 Å². The third kappa shape index (κ3) is 1.58. The molecule has 0 radical (unpaired) electrons. The van der Waals surface area contributed by atoms with Gasteiger partial charge in [0, 0.05) is 5.38 Å². The first kappa shape index (κ1) is 8.31. The van der Waals surface area contributed by atoms with Gasteiger partial charge in [0.25, 0.3) is 5.19 Å². The summed E-state index contributed by atoms with van der Waals surface area (Å²) in [5, 5.41) is 2.57. The van der Waals surface area contributed by atoms with E-state index in [0.717, 1.165) is 17.2 Å². The summed E-state index contributed by atoms with van der Waals surface area (Å²) in [6, 6.07) is 3.82. The van der Waals surface area contributed by atoms with Crippen LogP contribution in [0.2, 0.25) is 0 Å². The van der Waals surface area contributed by atoms with Crippen LogP contribution in [0.15, 0.2) is 21.9 Å². The Morgan fingerprint density at radius 2 is 2.31 bits per heavy atom. The fourth-order valence-electron chi connectivity index (χ4n) is 1.04. The molecule has 4 heteroatoms. The van der Waals surface area contributed by atoms with Crippen LogP contribution in [0.4, 0.5) is 0 Å². The SMILES string of the molecule is COc1nc(-c2ccc(C)o2)cs1. The van der Waals surface area contributed by atoms with Crippen LogP contribution in [0.1, 0.15) is 5.76 Å². The highest BCUT2D eigenvalue weighted by atomic mass is 32.1. The van der Waals surface area contributed by atoms with E-state index in [1.165, 1.54) is 11.3 Å². The lowest BCUT2D eigenvalue weighted by Gasteiger charge is -1.89. The second-order valence-corrected chi connectivity index (χ2v) is 3.43. The van der Waals surface area contributed by atoms with Crippen molar-refractivity contribution in [2.45, 2.75) is 6.92 Å². The Balaban J connectivity index is 2.35. The molecule has 2 heterocycles. The normalized spacial score (nSPS) is 10.3. The molecule has 0 aliphatic heterocycles. The number of hydrogen-bond acceptors (Lipinski definition) is 4. The minimum Gasteiger partial charge on any atom is -0.473 e. The summed E-state index contributed by atoms with van der Waals surface area (Å²) in [5.41, 5.74) is 0.829. The van der Waals surface area contributed by atoms with Crippen LogP contribution in [-0.4, -0.2) is 12.1 Å². The zero-order chi connectivity index (χ0) is 9.26. The molecule has 2 aromatic rings. The van der Waals surface area contributed by atoms with Crippen molar-refractivity contribution >= 4 is 11.3 Å². The highest BCUT2D eigenvalue weighted by molar-refractivity contribution is 7.11. The molecule has 68 valence electrons. The predicted octanol–water partition coefficient (Wildman–Crippen LogP) is 2.72. The summed E-state index contributed by atoms with van der Waals surface area (Å²) in [7, 11) is 1.61. The maximum Gasteiger partial charge on any atom is 0.273 e. The summed E-state index contributed by atoms with van der Waals surface area (Å²) in [5.74, 6) is 1.68. The van der Waals surface area contributed by atoms with Crippen LogP contribution in [0.3, 0.4) is 0 Å². The molecule has 2 rings (SSSR count). The molecule has 0 amide bonds. The van der Waals surface area contributed by atoms with Gasteiger partial charge < -0.3 is 9.15 Å². The zero-order valence-corrected chi connectivity index (χ0v) is 8.22. The molecule has 13 heavy (non-hydrogen) atoms. The molecule has 0 aliphatic rings. The van der Waals surface area contributed by atoms with E-state index in [4.69, 9.17) is 9.15 Å². The largest absolute Gasteiger partial charge is 0.473 e. The standard InChI is InChI=1S/C9H9NO2S/c1-6-3-4-8(12-6)7-5-13-9(10-7)11-2/h3-5H,1-2H3. The highest BCUT2D eigenvalue weighted by Crippen LogP contribution is 2.27. The molecule has 0 saturated heterocycles. The maximum absolute atomic E-state index is 5.42. The smallest absolute Gasteiger partial charge is 0.273 e. The molecule has 2 aromatic heterocycles. The summed E-state index contributed by atoms with van der Waals surface area (Å²) in [4.78, 5) is 4.21. The molecule has 0 unspecified atom stereocenters. The number of hydrogen-bond donors (Lipinski definition) is 0. The van der Waals surface area contributed by atoms with E-state index in [1.54, 1.807) is 7.11 Å². The second kappa shape index (κ2) is 3.22. The van der Waals surface area contributed by atoms with Gasteiger partial charge in [0.2, 0.25) is 0 Å². The van der Waals surface area contributed by atoms with Gasteiger partial charge in [-0.05, 0) is 19.1 Å². The fourth-order valence-corrected chi connectivity index (χ4v) is 1.66. The van der Waals surface area contributed by atoms with Crippen molar-refractivity contribution in [1.82, 2.24) is 4.98 Å². The molecular weight excluding hydrogens is 186 g/mol. The third-order valence-electron chi connectivity index (χ3n) is 1.65. The van der Waals surface area contributed by atoms with E-state index in [0.29, 0.717) is 5.19 Å². The van der Waals surface area contributed by atoms with Crippen LogP contribution in [0, 0.1) is 6.92 Å². The molecule has 0 spiro atoms.